The molecule has 0 saturated heterocycles. The van der Waals surface area contributed by atoms with Gasteiger partial charge in [0.1, 0.15) is 5.75 Å². The predicted octanol–water partition coefficient (Wildman–Crippen LogP) is 4.85. The van der Waals surface area contributed by atoms with Crippen LogP contribution in [-0.4, -0.2) is 32.2 Å². The Balaban J connectivity index is 1.86. The first kappa shape index (κ1) is 19.2. The number of thiazole rings is 1. The minimum absolute atomic E-state index is 0.328. The molecule has 3 aromatic rings. The average Bonchev–Trinajstić information content (AvgIpc) is 3.15. The highest BCUT2D eigenvalue weighted by Crippen LogP contribution is 2.35. The molecule has 0 saturated carbocycles. The molecule has 0 fully saturated rings. The van der Waals surface area contributed by atoms with Crippen LogP contribution in [0.3, 0.4) is 0 Å². The van der Waals surface area contributed by atoms with Crippen molar-refractivity contribution in [3.05, 3.63) is 51.8 Å². The summed E-state index contributed by atoms with van der Waals surface area (Å²) in [5, 5.41) is 5.19. The van der Waals surface area contributed by atoms with E-state index in [1.807, 2.05) is 29.6 Å². The lowest BCUT2D eigenvalue weighted by atomic mass is 10.1. The number of rotatable bonds is 6. The largest absolute Gasteiger partial charge is 0.496 e. The zero-order valence-corrected chi connectivity index (χ0v) is 17.3. The lowest BCUT2D eigenvalue weighted by Crippen LogP contribution is -2.13. The second-order valence-electron chi connectivity index (χ2n) is 5.41. The highest BCUT2D eigenvalue weighted by atomic mass is 79.9. The van der Waals surface area contributed by atoms with Gasteiger partial charge in [0.05, 0.1) is 32.6 Å². The zero-order valence-electron chi connectivity index (χ0n) is 14.9. The van der Waals surface area contributed by atoms with E-state index in [0.29, 0.717) is 27.9 Å². The van der Waals surface area contributed by atoms with E-state index >= 15 is 0 Å². The normalized spacial score (nSPS) is 10.4. The topological polar surface area (TPSA) is 69.7 Å². The molecule has 2 aromatic carbocycles. The summed E-state index contributed by atoms with van der Waals surface area (Å²) in [4.78, 5) is 17.2. The zero-order chi connectivity index (χ0) is 19.4. The second kappa shape index (κ2) is 8.41. The van der Waals surface area contributed by atoms with E-state index in [4.69, 9.17) is 14.2 Å². The monoisotopic (exact) mass is 448 g/mol. The summed E-state index contributed by atoms with van der Waals surface area (Å²) in [5.41, 5.74) is 2.08. The van der Waals surface area contributed by atoms with Gasteiger partial charge in [0.15, 0.2) is 16.6 Å². The molecule has 0 bridgehead atoms. The Morgan fingerprint density at radius 3 is 2.41 bits per heavy atom. The van der Waals surface area contributed by atoms with Crippen molar-refractivity contribution in [1.29, 1.82) is 0 Å². The van der Waals surface area contributed by atoms with Crippen LogP contribution >= 0.6 is 27.3 Å². The molecule has 1 amide bonds. The van der Waals surface area contributed by atoms with Crippen LogP contribution in [0.15, 0.2) is 46.3 Å². The first-order valence-electron chi connectivity index (χ1n) is 7.88. The van der Waals surface area contributed by atoms with Gasteiger partial charge in [-0.3, -0.25) is 10.1 Å². The fraction of sp³-hybridized carbons (Fsp3) is 0.158. The SMILES string of the molecule is COc1cc(OC)c(C(=O)Nc2nc(-c3cccc(Br)c3)cs2)cc1OC. The fourth-order valence-electron chi connectivity index (χ4n) is 2.48. The molecule has 0 aliphatic heterocycles. The van der Waals surface area contributed by atoms with Crippen molar-refractivity contribution in [2.24, 2.45) is 0 Å². The molecule has 0 unspecified atom stereocenters. The molecule has 1 heterocycles. The molecule has 0 aliphatic rings. The van der Waals surface area contributed by atoms with Crippen molar-refractivity contribution in [2.45, 2.75) is 0 Å². The van der Waals surface area contributed by atoms with Crippen molar-refractivity contribution in [3.8, 4) is 28.5 Å². The summed E-state index contributed by atoms with van der Waals surface area (Å²) >= 11 is 4.80. The minimum atomic E-state index is -0.344. The van der Waals surface area contributed by atoms with Gasteiger partial charge in [0.25, 0.3) is 5.91 Å². The quantitative estimate of drug-likeness (QED) is 0.583. The standard InChI is InChI=1S/C19H17BrN2O4S/c1-24-15-9-17(26-3)16(25-2)8-13(15)18(23)22-19-21-14(10-27-19)11-5-4-6-12(20)7-11/h4-10H,1-3H3,(H,21,22,23). The number of halogens is 1. The van der Waals surface area contributed by atoms with E-state index in [1.54, 1.807) is 12.1 Å². The van der Waals surface area contributed by atoms with E-state index in [-0.39, 0.29) is 5.91 Å². The third-order valence-electron chi connectivity index (χ3n) is 3.80. The Morgan fingerprint density at radius 2 is 1.74 bits per heavy atom. The summed E-state index contributed by atoms with van der Waals surface area (Å²) in [6.45, 7) is 0. The number of anilines is 1. The molecule has 6 nitrogen and oxygen atoms in total. The number of aromatic nitrogens is 1. The lowest BCUT2D eigenvalue weighted by molar-refractivity contribution is 0.102. The Morgan fingerprint density at radius 1 is 1.04 bits per heavy atom. The summed E-state index contributed by atoms with van der Waals surface area (Å²) in [6, 6.07) is 11.0. The first-order valence-corrected chi connectivity index (χ1v) is 9.55. The van der Waals surface area contributed by atoms with Gasteiger partial charge in [-0.15, -0.1) is 11.3 Å². The number of methoxy groups -OCH3 is 3. The van der Waals surface area contributed by atoms with E-state index in [1.165, 1.54) is 32.7 Å². The average molecular weight is 449 g/mol. The highest BCUT2D eigenvalue weighted by molar-refractivity contribution is 9.10. The van der Waals surface area contributed by atoms with Crippen molar-refractivity contribution in [3.63, 3.8) is 0 Å². The summed E-state index contributed by atoms with van der Waals surface area (Å²) in [7, 11) is 4.53. The van der Waals surface area contributed by atoms with E-state index in [9.17, 15) is 4.79 Å². The lowest BCUT2D eigenvalue weighted by Gasteiger charge is -2.13. The molecule has 0 atom stereocenters. The van der Waals surface area contributed by atoms with Crippen LogP contribution in [0.25, 0.3) is 11.3 Å². The number of benzene rings is 2. The van der Waals surface area contributed by atoms with Gasteiger partial charge in [0, 0.05) is 27.5 Å². The number of amides is 1. The predicted molar refractivity (Wildman–Crippen MR) is 109 cm³/mol. The maximum Gasteiger partial charge on any atom is 0.261 e. The number of carbonyl (C=O) groups excluding carboxylic acids is 1. The van der Waals surface area contributed by atoms with Gasteiger partial charge < -0.3 is 14.2 Å². The molecule has 0 spiro atoms. The Bertz CT molecular complexity index is 974. The molecular formula is C19H17BrN2O4S. The third-order valence-corrected chi connectivity index (χ3v) is 5.05. The fourth-order valence-corrected chi connectivity index (χ4v) is 3.60. The van der Waals surface area contributed by atoms with Crippen LogP contribution in [0.5, 0.6) is 17.2 Å². The van der Waals surface area contributed by atoms with Crippen LogP contribution in [0.2, 0.25) is 0 Å². The van der Waals surface area contributed by atoms with E-state index in [2.05, 4.69) is 26.2 Å². The molecule has 8 heteroatoms. The van der Waals surface area contributed by atoms with Gasteiger partial charge in [-0.05, 0) is 12.1 Å². The second-order valence-corrected chi connectivity index (χ2v) is 7.18. The maximum atomic E-state index is 12.7. The summed E-state index contributed by atoms with van der Waals surface area (Å²) in [6.07, 6.45) is 0. The molecule has 27 heavy (non-hydrogen) atoms. The maximum absolute atomic E-state index is 12.7. The third kappa shape index (κ3) is 4.23. The van der Waals surface area contributed by atoms with Gasteiger partial charge in [-0.25, -0.2) is 4.98 Å². The molecule has 0 radical (unpaired) electrons. The van der Waals surface area contributed by atoms with Crippen LogP contribution in [-0.2, 0) is 0 Å². The van der Waals surface area contributed by atoms with Gasteiger partial charge in [-0.1, -0.05) is 28.1 Å². The van der Waals surface area contributed by atoms with Crippen LogP contribution in [0.1, 0.15) is 10.4 Å². The summed E-state index contributed by atoms with van der Waals surface area (Å²) in [5.74, 6) is 0.964. The molecule has 0 aliphatic carbocycles. The van der Waals surface area contributed by atoms with E-state index in [0.717, 1.165) is 15.7 Å². The molecular weight excluding hydrogens is 432 g/mol. The Labute approximate surface area is 169 Å². The number of nitrogens with zero attached hydrogens (tertiary/aromatic N) is 1. The highest BCUT2D eigenvalue weighted by Gasteiger charge is 2.19. The number of ether oxygens (including phenoxy) is 3. The smallest absolute Gasteiger partial charge is 0.261 e. The molecule has 1 aromatic heterocycles. The van der Waals surface area contributed by atoms with Gasteiger partial charge in [0.2, 0.25) is 0 Å². The number of nitrogens with one attached hydrogen (secondary N) is 1. The molecule has 140 valence electrons. The van der Waals surface area contributed by atoms with Crippen LogP contribution in [0.4, 0.5) is 5.13 Å². The Kier molecular flexibility index (Phi) is 5.98. The minimum Gasteiger partial charge on any atom is -0.496 e. The van der Waals surface area contributed by atoms with Crippen molar-refractivity contribution in [1.82, 2.24) is 4.98 Å². The summed E-state index contributed by atoms with van der Waals surface area (Å²) < 4.78 is 16.8. The number of hydrogen-bond donors (Lipinski definition) is 1. The van der Waals surface area contributed by atoms with Gasteiger partial charge in [-0.2, -0.15) is 0 Å². The van der Waals surface area contributed by atoms with E-state index < -0.39 is 0 Å². The molecule has 1 N–H and O–H groups in total. The first-order chi connectivity index (χ1) is 13.0. The van der Waals surface area contributed by atoms with Gasteiger partial charge >= 0.3 is 0 Å². The van der Waals surface area contributed by atoms with Crippen LogP contribution < -0.4 is 19.5 Å². The van der Waals surface area contributed by atoms with Crippen molar-refractivity contribution >= 4 is 38.3 Å². The van der Waals surface area contributed by atoms with Crippen LogP contribution in [0, 0.1) is 0 Å². The molecule has 3 rings (SSSR count). The van der Waals surface area contributed by atoms with Crippen molar-refractivity contribution in [2.75, 3.05) is 26.6 Å². The Hall–Kier alpha value is -2.58. The van der Waals surface area contributed by atoms with Crippen molar-refractivity contribution < 1.29 is 19.0 Å². The number of hydrogen-bond acceptors (Lipinski definition) is 6. The number of carbonyl (C=O) groups is 1.